The van der Waals surface area contributed by atoms with E-state index < -0.39 is 5.91 Å². The molecule has 4 rings (SSSR count). The van der Waals surface area contributed by atoms with Crippen LogP contribution in [0.4, 0.5) is 5.95 Å². The van der Waals surface area contributed by atoms with Gasteiger partial charge in [-0.2, -0.15) is 0 Å². The average Bonchev–Trinajstić information content (AvgIpc) is 3.48. The monoisotopic (exact) mass is 612 g/mol. The SMILES string of the molecule is O=C(Nc1ncn(Cc2ccc(Cl)cc2Cl)n1)c1ccc(COc2c(Cl)c(Cl)c(Cl)c(Cl)c2Cl)o1. The van der Waals surface area contributed by atoms with Crippen LogP contribution < -0.4 is 10.1 Å². The zero-order valence-corrected chi connectivity index (χ0v) is 22.4. The number of ether oxygens (including phenoxy) is 1. The molecule has 35 heavy (non-hydrogen) atoms. The molecule has 0 spiro atoms. The summed E-state index contributed by atoms with van der Waals surface area (Å²) in [7, 11) is 0. The number of benzene rings is 2. The van der Waals surface area contributed by atoms with E-state index in [0.29, 0.717) is 22.4 Å². The maximum atomic E-state index is 12.5. The Morgan fingerprint density at radius 3 is 2.31 bits per heavy atom. The first-order chi connectivity index (χ1) is 16.6. The lowest BCUT2D eigenvalue weighted by molar-refractivity contribution is 0.0991. The molecule has 0 atom stereocenters. The maximum Gasteiger partial charge on any atom is 0.293 e. The van der Waals surface area contributed by atoms with Crippen LogP contribution in [0.2, 0.25) is 35.2 Å². The van der Waals surface area contributed by atoms with Gasteiger partial charge in [0.25, 0.3) is 5.91 Å². The second-order valence-corrected chi connectivity index (χ2v) is 9.64. The third kappa shape index (κ3) is 5.94. The molecule has 4 aromatic rings. The van der Waals surface area contributed by atoms with Crippen LogP contribution in [-0.4, -0.2) is 20.7 Å². The summed E-state index contributed by atoms with van der Waals surface area (Å²) in [6, 6.07) is 8.14. The molecule has 0 saturated carbocycles. The average molecular weight is 616 g/mol. The van der Waals surface area contributed by atoms with Crippen molar-refractivity contribution in [2.45, 2.75) is 13.2 Å². The quantitative estimate of drug-likeness (QED) is 0.167. The lowest BCUT2D eigenvalue weighted by Gasteiger charge is -2.12. The predicted octanol–water partition coefficient (Wildman–Crippen LogP) is 8.32. The second-order valence-electron chi connectivity index (χ2n) is 6.91. The van der Waals surface area contributed by atoms with E-state index in [1.165, 1.54) is 17.1 Å². The summed E-state index contributed by atoms with van der Waals surface area (Å²) in [5.74, 6) is -0.137. The number of rotatable bonds is 7. The van der Waals surface area contributed by atoms with Gasteiger partial charge in [-0.05, 0) is 29.8 Å². The van der Waals surface area contributed by atoms with Gasteiger partial charge in [0.1, 0.15) is 28.7 Å². The van der Waals surface area contributed by atoms with Crippen LogP contribution in [0.15, 0.2) is 41.1 Å². The number of nitrogens with zero attached hydrogens (tertiary/aromatic N) is 3. The van der Waals surface area contributed by atoms with E-state index in [2.05, 4.69) is 15.4 Å². The van der Waals surface area contributed by atoms with Gasteiger partial charge in [0.15, 0.2) is 11.5 Å². The smallest absolute Gasteiger partial charge is 0.293 e. The Morgan fingerprint density at radius 1 is 0.943 bits per heavy atom. The van der Waals surface area contributed by atoms with Crippen molar-refractivity contribution in [3.05, 3.63) is 88.9 Å². The molecule has 0 bridgehead atoms. The highest BCUT2D eigenvalue weighted by Crippen LogP contribution is 2.48. The van der Waals surface area contributed by atoms with E-state index in [1.807, 2.05) is 0 Å². The number of hydrogen-bond acceptors (Lipinski definition) is 5. The molecule has 1 amide bonds. The summed E-state index contributed by atoms with van der Waals surface area (Å²) in [4.78, 5) is 16.6. The highest BCUT2D eigenvalue weighted by Gasteiger charge is 2.21. The standard InChI is InChI=1S/C21H11Cl7N4O3/c22-10-2-1-9(12(23)5-10)6-32-8-29-21(31-32)30-20(33)13-4-3-11(35-13)7-34-19-17(27)15(25)14(24)16(26)18(19)28/h1-5,8H,6-7H2,(H,30,31,33). The van der Waals surface area contributed by atoms with Crippen molar-refractivity contribution in [1.82, 2.24) is 14.8 Å². The minimum atomic E-state index is -0.563. The largest absolute Gasteiger partial charge is 0.482 e. The first-order valence-electron chi connectivity index (χ1n) is 9.51. The molecule has 0 aliphatic carbocycles. The van der Waals surface area contributed by atoms with Crippen LogP contribution in [0.25, 0.3) is 0 Å². The molecule has 2 aromatic heterocycles. The van der Waals surface area contributed by atoms with E-state index in [1.54, 1.807) is 24.3 Å². The molecular formula is C21H11Cl7N4O3. The van der Waals surface area contributed by atoms with E-state index in [0.717, 1.165) is 5.56 Å². The Balaban J connectivity index is 1.39. The van der Waals surface area contributed by atoms with Crippen LogP contribution in [0.3, 0.4) is 0 Å². The number of carbonyl (C=O) groups excluding carboxylic acids is 1. The third-order valence-electron chi connectivity index (χ3n) is 4.52. The molecule has 0 radical (unpaired) electrons. The highest BCUT2D eigenvalue weighted by molar-refractivity contribution is 6.55. The zero-order chi connectivity index (χ0) is 25.3. The minimum Gasteiger partial charge on any atom is -0.482 e. The van der Waals surface area contributed by atoms with Gasteiger partial charge in [0.05, 0.1) is 21.6 Å². The molecular weight excluding hydrogens is 604 g/mol. The Labute approximate surface area is 233 Å². The van der Waals surface area contributed by atoms with E-state index in [4.69, 9.17) is 90.4 Å². The van der Waals surface area contributed by atoms with Crippen molar-refractivity contribution in [1.29, 1.82) is 0 Å². The summed E-state index contributed by atoms with van der Waals surface area (Å²) in [5, 5.41) is 7.80. The maximum absolute atomic E-state index is 12.5. The predicted molar refractivity (Wildman–Crippen MR) is 138 cm³/mol. The van der Waals surface area contributed by atoms with Gasteiger partial charge in [-0.25, -0.2) is 9.67 Å². The summed E-state index contributed by atoms with van der Waals surface area (Å²) < 4.78 is 12.6. The fraction of sp³-hybridized carbons (Fsp3) is 0.0952. The van der Waals surface area contributed by atoms with E-state index in [9.17, 15) is 4.79 Å². The molecule has 0 unspecified atom stereocenters. The first kappa shape index (κ1) is 26.2. The fourth-order valence-electron chi connectivity index (χ4n) is 2.85. The summed E-state index contributed by atoms with van der Waals surface area (Å²) in [5.41, 5.74) is 0.790. The number of anilines is 1. The van der Waals surface area contributed by atoms with Crippen molar-refractivity contribution < 1.29 is 13.9 Å². The summed E-state index contributed by atoms with van der Waals surface area (Å²) in [6.45, 7) is 0.223. The lowest BCUT2D eigenvalue weighted by Crippen LogP contribution is -2.12. The number of aromatic nitrogens is 3. The second kappa shape index (κ2) is 11.0. The lowest BCUT2D eigenvalue weighted by atomic mass is 10.2. The molecule has 0 aliphatic heterocycles. The first-order valence-corrected chi connectivity index (χ1v) is 12.2. The van der Waals surface area contributed by atoms with Crippen molar-refractivity contribution >= 4 is 93.1 Å². The van der Waals surface area contributed by atoms with Crippen LogP contribution in [0.1, 0.15) is 21.9 Å². The summed E-state index contributed by atoms with van der Waals surface area (Å²) in [6.07, 6.45) is 1.46. The molecule has 2 aromatic carbocycles. The van der Waals surface area contributed by atoms with Crippen molar-refractivity contribution in [2.24, 2.45) is 0 Å². The third-order valence-corrected chi connectivity index (χ3v) is 7.35. The summed E-state index contributed by atoms with van der Waals surface area (Å²) >= 11 is 42.4. The van der Waals surface area contributed by atoms with Crippen molar-refractivity contribution in [3.63, 3.8) is 0 Å². The molecule has 1 N–H and O–H groups in total. The minimum absolute atomic E-state index is 0.00233. The van der Waals surface area contributed by atoms with Gasteiger partial charge in [0, 0.05) is 10.0 Å². The van der Waals surface area contributed by atoms with Crippen LogP contribution >= 0.6 is 81.2 Å². The number of carbonyl (C=O) groups is 1. The Kier molecular flexibility index (Phi) is 8.28. The molecule has 7 nitrogen and oxygen atoms in total. The zero-order valence-electron chi connectivity index (χ0n) is 17.1. The van der Waals surface area contributed by atoms with Gasteiger partial charge >= 0.3 is 0 Å². The molecule has 182 valence electrons. The van der Waals surface area contributed by atoms with Crippen molar-refractivity contribution in [2.75, 3.05) is 5.32 Å². The van der Waals surface area contributed by atoms with Gasteiger partial charge in [-0.1, -0.05) is 87.3 Å². The van der Waals surface area contributed by atoms with Gasteiger partial charge < -0.3 is 9.15 Å². The number of nitrogens with one attached hydrogen (secondary N) is 1. The van der Waals surface area contributed by atoms with Crippen LogP contribution in [0, 0.1) is 0 Å². The van der Waals surface area contributed by atoms with E-state index in [-0.39, 0.29) is 49.2 Å². The number of furan rings is 1. The molecule has 2 heterocycles. The van der Waals surface area contributed by atoms with Gasteiger partial charge in [-0.15, -0.1) is 5.10 Å². The molecule has 14 heteroatoms. The Morgan fingerprint density at radius 2 is 1.63 bits per heavy atom. The van der Waals surface area contributed by atoms with Gasteiger partial charge in [-0.3, -0.25) is 10.1 Å². The Hall–Kier alpha value is -1.84. The van der Waals surface area contributed by atoms with Gasteiger partial charge in [0.2, 0.25) is 5.95 Å². The molecule has 0 fully saturated rings. The Bertz CT molecular complexity index is 1390. The van der Waals surface area contributed by atoms with Crippen LogP contribution in [0.5, 0.6) is 5.75 Å². The highest BCUT2D eigenvalue weighted by atomic mass is 35.5. The topological polar surface area (TPSA) is 82.2 Å². The number of halogens is 7. The number of amides is 1. The molecule has 0 aliphatic rings. The normalized spacial score (nSPS) is 11.1. The van der Waals surface area contributed by atoms with Crippen molar-refractivity contribution in [3.8, 4) is 5.75 Å². The van der Waals surface area contributed by atoms with Crippen LogP contribution in [-0.2, 0) is 13.2 Å². The fourth-order valence-corrected chi connectivity index (χ4v) is 4.55. The molecule has 0 saturated heterocycles. The van der Waals surface area contributed by atoms with E-state index >= 15 is 0 Å². The number of hydrogen-bond donors (Lipinski definition) is 1.